The molecule has 0 aliphatic heterocycles. The predicted molar refractivity (Wildman–Crippen MR) is 70.3 cm³/mol. The van der Waals surface area contributed by atoms with Crippen LogP contribution >= 0.6 is 0 Å². The maximum absolute atomic E-state index is 11.8. The Morgan fingerprint density at radius 3 is 2.53 bits per heavy atom. The molecular weight excluding hydrogens is 248 g/mol. The van der Waals surface area contributed by atoms with Crippen LogP contribution < -0.4 is 5.32 Å². The lowest BCUT2D eigenvalue weighted by atomic mass is 9.93. The number of aromatic carboxylic acids is 1. The van der Waals surface area contributed by atoms with Gasteiger partial charge in [0.2, 0.25) is 0 Å². The number of carboxylic acids is 1. The molecule has 0 fully saturated rings. The highest BCUT2D eigenvalue weighted by Crippen LogP contribution is 2.15. The van der Waals surface area contributed by atoms with E-state index in [9.17, 15) is 9.59 Å². The van der Waals surface area contributed by atoms with Gasteiger partial charge in [-0.2, -0.15) is 0 Å². The van der Waals surface area contributed by atoms with E-state index in [-0.39, 0.29) is 16.7 Å². The SMILES string of the molecule is CN(C)CC(C)(C)CNC(=O)c1cc(C(=O)O)co1. The van der Waals surface area contributed by atoms with Crippen LogP contribution in [-0.4, -0.2) is 49.1 Å². The molecule has 0 saturated carbocycles. The van der Waals surface area contributed by atoms with Crippen LogP contribution in [0.25, 0.3) is 0 Å². The van der Waals surface area contributed by atoms with Gasteiger partial charge < -0.3 is 19.7 Å². The van der Waals surface area contributed by atoms with E-state index in [0.29, 0.717) is 6.54 Å². The molecule has 0 radical (unpaired) electrons. The van der Waals surface area contributed by atoms with Gasteiger partial charge in [0, 0.05) is 19.2 Å². The highest BCUT2D eigenvalue weighted by molar-refractivity contribution is 5.95. The van der Waals surface area contributed by atoms with Crippen LogP contribution in [0.4, 0.5) is 0 Å². The smallest absolute Gasteiger partial charge is 0.338 e. The monoisotopic (exact) mass is 268 g/mol. The van der Waals surface area contributed by atoms with Crippen LogP contribution in [0.3, 0.4) is 0 Å². The molecule has 0 aromatic carbocycles. The van der Waals surface area contributed by atoms with E-state index >= 15 is 0 Å². The quantitative estimate of drug-likeness (QED) is 0.812. The van der Waals surface area contributed by atoms with Gasteiger partial charge in [0.05, 0.1) is 5.56 Å². The molecule has 0 atom stereocenters. The van der Waals surface area contributed by atoms with E-state index in [2.05, 4.69) is 5.32 Å². The molecule has 6 nitrogen and oxygen atoms in total. The molecule has 19 heavy (non-hydrogen) atoms. The van der Waals surface area contributed by atoms with Crippen molar-refractivity contribution in [2.75, 3.05) is 27.2 Å². The zero-order valence-electron chi connectivity index (χ0n) is 11.7. The Morgan fingerprint density at radius 2 is 2.05 bits per heavy atom. The van der Waals surface area contributed by atoms with Crippen LogP contribution in [-0.2, 0) is 0 Å². The number of carboxylic acid groups (broad SMARTS) is 1. The Balaban J connectivity index is 2.57. The number of rotatable bonds is 6. The summed E-state index contributed by atoms with van der Waals surface area (Å²) in [5.41, 5.74) is -0.112. The molecule has 0 bridgehead atoms. The fraction of sp³-hybridized carbons (Fsp3) is 0.538. The standard InChI is InChI=1S/C13H20N2O4/c1-13(2,8-15(3)4)7-14-11(16)10-5-9(6-19-10)12(17)18/h5-6H,7-8H2,1-4H3,(H,14,16)(H,17,18). The van der Waals surface area contributed by atoms with Crippen LogP contribution in [0.15, 0.2) is 16.7 Å². The number of hydrogen-bond donors (Lipinski definition) is 2. The highest BCUT2D eigenvalue weighted by Gasteiger charge is 2.21. The molecular formula is C13H20N2O4. The summed E-state index contributed by atoms with van der Waals surface area (Å²) in [4.78, 5) is 24.5. The van der Waals surface area contributed by atoms with Crippen LogP contribution in [0, 0.1) is 5.41 Å². The second kappa shape index (κ2) is 5.88. The fourth-order valence-corrected chi connectivity index (χ4v) is 1.89. The summed E-state index contributed by atoms with van der Waals surface area (Å²) in [7, 11) is 3.93. The molecule has 1 rings (SSSR count). The number of hydrogen-bond acceptors (Lipinski definition) is 4. The lowest BCUT2D eigenvalue weighted by molar-refractivity contribution is 0.0696. The zero-order valence-corrected chi connectivity index (χ0v) is 11.7. The maximum Gasteiger partial charge on any atom is 0.338 e. The number of furan rings is 1. The summed E-state index contributed by atoms with van der Waals surface area (Å²) in [5.74, 6) is -1.51. The van der Waals surface area contributed by atoms with Gasteiger partial charge in [0.1, 0.15) is 6.26 Å². The first-order valence-corrected chi connectivity index (χ1v) is 5.96. The largest absolute Gasteiger partial charge is 0.478 e. The van der Waals surface area contributed by atoms with E-state index in [1.165, 1.54) is 6.07 Å². The minimum atomic E-state index is -1.12. The molecule has 106 valence electrons. The summed E-state index contributed by atoms with van der Waals surface area (Å²) in [6.45, 7) is 5.38. The molecule has 0 saturated heterocycles. The number of carbonyl (C=O) groups excluding carboxylic acids is 1. The molecule has 6 heteroatoms. The topological polar surface area (TPSA) is 82.8 Å². The Kier molecular flexibility index (Phi) is 4.72. The Morgan fingerprint density at radius 1 is 1.42 bits per heavy atom. The van der Waals surface area contributed by atoms with Crippen molar-refractivity contribution in [1.82, 2.24) is 10.2 Å². The van der Waals surface area contributed by atoms with Gasteiger partial charge in [0.15, 0.2) is 5.76 Å². The van der Waals surface area contributed by atoms with Crippen LogP contribution in [0.1, 0.15) is 34.8 Å². The van der Waals surface area contributed by atoms with Crippen molar-refractivity contribution in [2.45, 2.75) is 13.8 Å². The minimum absolute atomic E-state index is 0.0121. The Bertz CT molecular complexity index is 463. The van der Waals surface area contributed by atoms with Crippen molar-refractivity contribution in [3.8, 4) is 0 Å². The van der Waals surface area contributed by atoms with Crippen LogP contribution in [0.5, 0.6) is 0 Å². The third-order valence-electron chi connectivity index (χ3n) is 2.54. The van der Waals surface area contributed by atoms with Crippen molar-refractivity contribution in [2.24, 2.45) is 5.41 Å². The zero-order chi connectivity index (χ0) is 14.6. The molecule has 1 aromatic heterocycles. The summed E-state index contributed by atoms with van der Waals surface area (Å²) in [6, 6.07) is 1.22. The van der Waals surface area contributed by atoms with E-state index < -0.39 is 11.9 Å². The van der Waals surface area contributed by atoms with E-state index in [4.69, 9.17) is 9.52 Å². The van der Waals surface area contributed by atoms with Gasteiger partial charge in [-0.25, -0.2) is 4.79 Å². The van der Waals surface area contributed by atoms with E-state index in [1.807, 2.05) is 32.8 Å². The third kappa shape index (κ3) is 4.75. The van der Waals surface area contributed by atoms with Crippen molar-refractivity contribution < 1.29 is 19.1 Å². The predicted octanol–water partition coefficient (Wildman–Crippen LogP) is 1.30. The maximum atomic E-state index is 11.8. The summed E-state index contributed by atoms with van der Waals surface area (Å²) in [5, 5.41) is 11.5. The summed E-state index contributed by atoms with van der Waals surface area (Å²) >= 11 is 0. The first kappa shape index (κ1) is 15.2. The fourth-order valence-electron chi connectivity index (χ4n) is 1.89. The number of nitrogens with one attached hydrogen (secondary N) is 1. The molecule has 0 unspecified atom stereocenters. The minimum Gasteiger partial charge on any atom is -0.478 e. The van der Waals surface area contributed by atoms with Gasteiger partial charge in [-0.15, -0.1) is 0 Å². The van der Waals surface area contributed by atoms with Crippen molar-refractivity contribution in [3.05, 3.63) is 23.7 Å². The first-order valence-electron chi connectivity index (χ1n) is 5.96. The molecule has 0 spiro atoms. The molecule has 1 amide bonds. The van der Waals surface area contributed by atoms with Crippen molar-refractivity contribution >= 4 is 11.9 Å². The van der Waals surface area contributed by atoms with Gasteiger partial charge in [-0.1, -0.05) is 13.8 Å². The summed E-state index contributed by atoms with van der Waals surface area (Å²) < 4.78 is 4.93. The van der Waals surface area contributed by atoms with Gasteiger partial charge in [-0.3, -0.25) is 4.79 Å². The van der Waals surface area contributed by atoms with Gasteiger partial charge in [-0.05, 0) is 19.5 Å². The molecule has 2 N–H and O–H groups in total. The van der Waals surface area contributed by atoms with E-state index in [0.717, 1.165) is 12.8 Å². The molecule has 1 aromatic rings. The van der Waals surface area contributed by atoms with Crippen molar-refractivity contribution in [3.63, 3.8) is 0 Å². The van der Waals surface area contributed by atoms with Crippen LogP contribution in [0.2, 0.25) is 0 Å². The molecule has 0 aliphatic carbocycles. The number of nitrogens with zero attached hydrogens (tertiary/aromatic N) is 1. The lowest BCUT2D eigenvalue weighted by Gasteiger charge is -2.28. The van der Waals surface area contributed by atoms with Gasteiger partial charge >= 0.3 is 5.97 Å². The first-order chi connectivity index (χ1) is 8.71. The molecule has 0 aliphatic rings. The highest BCUT2D eigenvalue weighted by atomic mass is 16.4. The summed E-state index contributed by atoms with van der Waals surface area (Å²) in [6.07, 6.45) is 1.06. The normalized spacial score (nSPS) is 11.6. The molecule has 1 heterocycles. The Labute approximate surface area is 112 Å². The third-order valence-corrected chi connectivity index (χ3v) is 2.54. The average Bonchev–Trinajstić information content (AvgIpc) is 2.73. The van der Waals surface area contributed by atoms with Gasteiger partial charge in [0.25, 0.3) is 5.91 Å². The van der Waals surface area contributed by atoms with Crippen molar-refractivity contribution in [1.29, 1.82) is 0 Å². The lowest BCUT2D eigenvalue weighted by Crippen LogP contribution is -2.39. The van der Waals surface area contributed by atoms with E-state index in [1.54, 1.807) is 0 Å². The number of carbonyl (C=O) groups is 2. The number of amides is 1. The second-order valence-electron chi connectivity index (χ2n) is 5.59. The second-order valence-corrected chi connectivity index (χ2v) is 5.59. The Hall–Kier alpha value is -1.82. The average molecular weight is 268 g/mol.